The predicted octanol–water partition coefficient (Wildman–Crippen LogP) is 3.85. The number of ketones is 1. The summed E-state index contributed by atoms with van der Waals surface area (Å²) in [4.78, 5) is 12.9. The van der Waals surface area contributed by atoms with Gasteiger partial charge in [-0.25, -0.2) is 8.42 Å². The molecule has 0 aliphatic carbocycles. The van der Waals surface area contributed by atoms with Crippen molar-refractivity contribution in [3.8, 4) is 17.2 Å². The third-order valence-corrected chi connectivity index (χ3v) is 8.30. The van der Waals surface area contributed by atoms with Crippen molar-refractivity contribution in [1.29, 1.82) is 0 Å². The summed E-state index contributed by atoms with van der Waals surface area (Å²) in [5, 5.41) is 0.530. The van der Waals surface area contributed by atoms with E-state index < -0.39 is 15.6 Å². The van der Waals surface area contributed by atoms with Gasteiger partial charge in [-0.15, -0.1) is 0 Å². The molecule has 0 radical (unpaired) electrons. The number of hydrogen-bond acceptors (Lipinski definition) is 6. The Hall–Kier alpha value is -2.29. The number of benzene rings is 2. The van der Waals surface area contributed by atoms with Crippen molar-refractivity contribution < 1.29 is 27.4 Å². The predicted molar refractivity (Wildman–Crippen MR) is 116 cm³/mol. The average molecular weight is 466 g/mol. The standard InChI is InChI=1S/C22H24ClNO6S/c1-14-10-20-16(12-17(14)23)18(25)13-22(30-20)6-8-24(9-7-22)31(26,27)15-4-5-19(28-2)21(11-15)29-3/h4-5,10-12H,6-9,13H2,1-3H3. The summed E-state index contributed by atoms with van der Waals surface area (Å²) < 4.78 is 44.5. The maximum Gasteiger partial charge on any atom is 0.243 e. The number of Topliss-reactive ketones (excluding diaryl/α,β-unsaturated/α-hetero) is 1. The molecule has 2 aromatic rings. The van der Waals surface area contributed by atoms with E-state index in [1.807, 2.05) is 6.92 Å². The molecule has 0 N–H and O–H groups in total. The topological polar surface area (TPSA) is 82.1 Å². The molecule has 1 spiro atoms. The number of rotatable bonds is 4. The number of methoxy groups -OCH3 is 2. The summed E-state index contributed by atoms with van der Waals surface area (Å²) in [6.45, 7) is 2.37. The summed E-state index contributed by atoms with van der Waals surface area (Å²) in [6.07, 6.45) is 1.06. The van der Waals surface area contributed by atoms with E-state index in [0.717, 1.165) is 5.56 Å². The number of piperidine rings is 1. The summed E-state index contributed by atoms with van der Waals surface area (Å²) in [7, 11) is -0.765. The minimum absolute atomic E-state index is 0.0284. The lowest BCUT2D eigenvalue weighted by atomic mass is 9.83. The van der Waals surface area contributed by atoms with Gasteiger partial charge in [0.1, 0.15) is 11.4 Å². The quantitative estimate of drug-likeness (QED) is 0.682. The molecule has 0 bridgehead atoms. The molecule has 7 nitrogen and oxygen atoms in total. The van der Waals surface area contributed by atoms with Gasteiger partial charge in [0.05, 0.1) is 31.1 Å². The van der Waals surface area contributed by atoms with E-state index in [1.165, 1.54) is 30.7 Å². The van der Waals surface area contributed by atoms with Crippen molar-refractivity contribution in [1.82, 2.24) is 4.31 Å². The number of hydrogen-bond donors (Lipinski definition) is 0. The number of carbonyl (C=O) groups is 1. The van der Waals surface area contributed by atoms with Crippen molar-refractivity contribution in [2.24, 2.45) is 0 Å². The molecule has 0 unspecified atom stereocenters. The van der Waals surface area contributed by atoms with E-state index in [-0.39, 0.29) is 30.2 Å². The Bertz CT molecular complexity index is 1140. The zero-order valence-corrected chi connectivity index (χ0v) is 19.2. The Morgan fingerprint density at radius 1 is 1.06 bits per heavy atom. The van der Waals surface area contributed by atoms with E-state index in [0.29, 0.717) is 40.7 Å². The Morgan fingerprint density at radius 3 is 2.39 bits per heavy atom. The van der Waals surface area contributed by atoms with Crippen molar-refractivity contribution in [2.75, 3.05) is 27.3 Å². The molecule has 0 aromatic heterocycles. The normalized spacial score (nSPS) is 18.4. The minimum atomic E-state index is -3.72. The van der Waals surface area contributed by atoms with E-state index in [4.69, 9.17) is 25.8 Å². The lowest BCUT2D eigenvalue weighted by molar-refractivity contribution is 0.00587. The van der Waals surface area contributed by atoms with Crippen LogP contribution in [0.3, 0.4) is 0 Å². The van der Waals surface area contributed by atoms with Crippen LogP contribution in [0.25, 0.3) is 0 Å². The maximum absolute atomic E-state index is 13.2. The number of aryl methyl sites for hydroxylation is 1. The molecular formula is C22H24ClNO6S. The van der Waals surface area contributed by atoms with Gasteiger partial charge in [-0.2, -0.15) is 4.31 Å². The highest BCUT2D eigenvalue weighted by molar-refractivity contribution is 7.89. The van der Waals surface area contributed by atoms with Crippen LogP contribution in [-0.4, -0.2) is 51.4 Å². The number of ether oxygens (including phenoxy) is 3. The number of carbonyl (C=O) groups excluding carboxylic acids is 1. The number of halogens is 1. The van der Waals surface area contributed by atoms with Crippen LogP contribution in [0.5, 0.6) is 17.2 Å². The second-order valence-electron chi connectivity index (χ2n) is 7.90. The van der Waals surface area contributed by atoms with E-state index >= 15 is 0 Å². The van der Waals surface area contributed by atoms with Crippen molar-refractivity contribution >= 4 is 27.4 Å². The molecule has 0 amide bonds. The fraction of sp³-hybridized carbons (Fsp3) is 0.409. The molecule has 0 atom stereocenters. The zero-order chi connectivity index (χ0) is 22.4. The molecule has 4 rings (SSSR count). The molecule has 2 aliphatic rings. The van der Waals surface area contributed by atoms with Gasteiger partial charge in [0, 0.05) is 37.0 Å². The Kier molecular flexibility index (Phi) is 5.66. The second-order valence-corrected chi connectivity index (χ2v) is 10.2. The first-order valence-corrected chi connectivity index (χ1v) is 11.8. The smallest absolute Gasteiger partial charge is 0.243 e. The van der Waals surface area contributed by atoms with Gasteiger partial charge in [0.2, 0.25) is 10.0 Å². The van der Waals surface area contributed by atoms with Crippen LogP contribution in [0.4, 0.5) is 0 Å². The molecule has 31 heavy (non-hydrogen) atoms. The van der Waals surface area contributed by atoms with Gasteiger partial charge in [-0.3, -0.25) is 4.79 Å². The third kappa shape index (κ3) is 3.88. The van der Waals surface area contributed by atoms with Crippen molar-refractivity contribution in [3.05, 3.63) is 46.5 Å². The Labute approximate surface area is 186 Å². The lowest BCUT2D eigenvalue weighted by Gasteiger charge is -2.43. The first-order valence-electron chi connectivity index (χ1n) is 9.94. The Balaban J connectivity index is 1.54. The first-order chi connectivity index (χ1) is 14.7. The molecule has 0 saturated carbocycles. The van der Waals surface area contributed by atoms with E-state index in [1.54, 1.807) is 18.2 Å². The summed E-state index contributed by atoms with van der Waals surface area (Å²) in [5.74, 6) is 1.31. The van der Waals surface area contributed by atoms with E-state index in [9.17, 15) is 13.2 Å². The molecule has 2 heterocycles. The highest BCUT2D eigenvalue weighted by atomic mass is 35.5. The van der Waals surface area contributed by atoms with Gasteiger partial charge >= 0.3 is 0 Å². The Morgan fingerprint density at radius 2 is 1.74 bits per heavy atom. The molecule has 166 valence electrons. The van der Waals surface area contributed by atoms with E-state index in [2.05, 4.69) is 0 Å². The molecule has 2 aromatic carbocycles. The van der Waals surface area contributed by atoms with Crippen molar-refractivity contribution in [3.63, 3.8) is 0 Å². The van der Waals surface area contributed by atoms with Crippen LogP contribution in [0.15, 0.2) is 35.2 Å². The SMILES string of the molecule is COc1ccc(S(=O)(=O)N2CCC3(CC2)CC(=O)c2cc(Cl)c(C)cc2O3)cc1OC. The van der Waals surface area contributed by atoms with Gasteiger partial charge in [0.25, 0.3) is 0 Å². The second kappa shape index (κ2) is 8.00. The molecule has 9 heteroatoms. The highest BCUT2D eigenvalue weighted by Crippen LogP contribution is 2.42. The van der Waals surface area contributed by atoms with Gasteiger partial charge in [0.15, 0.2) is 17.3 Å². The molecule has 2 aliphatic heterocycles. The summed E-state index contributed by atoms with van der Waals surface area (Å²) in [6, 6.07) is 7.97. The number of nitrogens with zero attached hydrogens (tertiary/aromatic N) is 1. The van der Waals surface area contributed by atoms with Gasteiger partial charge in [-0.1, -0.05) is 11.6 Å². The van der Waals surface area contributed by atoms with Crippen LogP contribution >= 0.6 is 11.6 Å². The minimum Gasteiger partial charge on any atom is -0.493 e. The van der Waals surface area contributed by atoms with Crippen LogP contribution in [-0.2, 0) is 10.0 Å². The molecule has 1 fully saturated rings. The summed E-state index contributed by atoms with van der Waals surface area (Å²) in [5.41, 5.74) is 0.619. The number of fused-ring (bicyclic) bond motifs is 1. The van der Waals surface area contributed by atoms with Crippen LogP contribution < -0.4 is 14.2 Å². The largest absolute Gasteiger partial charge is 0.493 e. The average Bonchev–Trinajstić information content (AvgIpc) is 2.75. The fourth-order valence-electron chi connectivity index (χ4n) is 4.15. The summed E-state index contributed by atoms with van der Waals surface area (Å²) >= 11 is 6.16. The van der Waals surface area contributed by atoms with Crippen molar-refractivity contribution in [2.45, 2.75) is 36.7 Å². The third-order valence-electron chi connectivity index (χ3n) is 6.00. The first kappa shape index (κ1) is 21.9. The van der Waals surface area contributed by atoms with Crippen LogP contribution in [0.1, 0.15) is 35.2 Å². The van der Waals surface area contributed by atoms with Gasteiger partial charge < -0.3 is 14.2 Å². The lowest BCUT2D eigenvalue weighted by Crippen LogP contribution is -2.52. The molecular weight excluding hydrogens is 442 g/mol. The fourth-order valence-corrected chi connectivity index (χ4v) is 5.77. The highest BCUT2D eigenvalue weighted by Gasteiger charge is 2.45. The number of sulfonamides is 1. The monoisotopic (exact) mass is 465 g/mol. The maximum atomic E-state index is 13.2. The zero-order valence-electron chi connectivity index (χ0n) is 17.6. The van der Waals surface area contributed by atoms with Gasteiger partial charge in [-0.05, 0) is 36.8 Å². The van der Waals surface area contributed by atoms with Crippen LogP contribution in [0, 0.1) is 6.92 Å². The van der Waals surface area contributed by atoms with Crippen LogP contribution in [0.2, 0.25) is 5.02 Å². The molecule has 1 saturated heterocycles.